The summed E-state index contributed by atoms with van der Waals surface area (Å²) in [5, 5.41) is 9.71. The molecular weight excluding hydrogens is 270 g/mol. The molecule has 0 heterocycles. The van der Waals surface area contributed by atoms with Crippen molar-refractivity contribution < 1.29 is 9.90 Å². The lowest BCUT2D eigenvalue weighted by Gasteiger charge is -2.27. The van der Waals surface area contributed by atoms with E-state index >= 15 is 0 Å². The van der Waals surface area contributed by atoms with Crippen molar-refractivity contribution >= 4 is 27.9 Å². The second kappa shape index (κ2) is 4.97. The molecule has 0 unspecified atom stereocenters. The van der Waals surface area contributed by atoms with E-state index in [1.807, 2.05) is 24.1 Å². The lowest BCUT2D eigenvalue weighted by Crippen LogP contribution is -2.36. The average molecular weight is 286 g/mol. The van der Waals surface area contributed by atoms with Gasteiger partial charge in [-0.1, -0.05) is 0 Å². The van der Waals surface area contributed by atoms with Crippen LogP contribution in [0.25, 0.3) is 0 Å². The monoisotopic (exact) mass is 285 g/mol. The van der Waals surface area contributed by atoms with Crippen molar-refractivity contribution in [3.05, 3.63) is 28.2 Å². The van der Waals surface area contributed by atoms with Gasteiger partial charge in [-0.3, -0.25) is 4.79 Å². The Bertz CT molecular complexity index is 385. The molecule has 0 aliphatic rings. The number of carbonyl (C=O) groups excluding carboxylic acids is 1. The van der Waals surface area contributed by atoms with E-state index in [0.29, 0.717) is 12.1 Å². The smallest absolute Gasteiger partial charge is 0.151 e. The summed E-state index contributed by atoms with van der Waals surface area (Å²) in [7, 11) is 1.90. The van der Waals surface area contributed by atoms with Crippen LogP contribution in [0, 0.1) is 0 Å². The molecule has 0 amide bonds. The van der Waals surface area contributed by atoms with E-state index in [2.05, 4.69) is 15.9 Å². The number of carbonyl (C=O) groups is 1. The zero-order valence-corrected chi connectivity index (χ0v) is 11.3. The van der Waals surface area contributed by atoms with Gasteiger partial charge in [0.2, 0.25) is 0 Å². The molecule has 0 spiro atoms. The highest BCUT2D eigenvalue weighted by molar-refractivity contribution is 9.10. The van der Waals surface area contributed by atoms with Crippen LogP contribution in [0.4, 0.5) is 5.69 Å². The Labute approximate surface area is 104 Å². The van der Waals surface area contributed by atoms with Gasteiger partial charge in [-0.15, -0.1) is 0 Å². The summed E-state index contributed by atoms with van der Waals surface area (Å²) in [6.45, 7) is 4.05. The summed E-state index contributed by atoms with van der Waals surface area (Å²) in [5.74, 6) is 0. The number of anilines is 1. The van der Waals surface area contributed by atoms with E-state index in [-0.39, 0.29) is 0 Å². The molecule has 3 nitrogen and oxygen atoms in total. The van der Waals surface area contributed by atoms with E-state index < -0.39 is 5.60 Å². The molecule has 0 saturated heterocycles. The van der Waals surface area contributed by atoms with E-state index in [1.165, 1.54) is 0 Å². The molecule has 0 aliphatic heterocycles. The first-order chi connectivity index (χ1) is 7.33. The molecule has 0 bridgehead atoms. The second-order valence-electron chi connectivity index (χ2n) is 4.49. The zero-order chi connectivity index (χ0) is 12.3. The van der Waals surface area contributed by atoms with Gasteiger partial charge in [-0.2, -0.15) is 0 Å². The Morgan fingerprint density at radius 1 is 1.50 bits per heavy atom. The fourth-order valence-electron chi connectivity index (χ4n) is 1.52. The zero-order valence-electron chi connectivity index (χ0n) is 9.70. The SMILES string of the molecule is CN(CC(C)(C)O)c1ccc(C=O)c(Br)c1. The van der Waals surface area contributed by atoms with E-state index in [4.69, 9.17) is 0 Å². The molecule has 0 aliphatic carbocycles. The van der Waals surface area contributed by atoms with Crippen LogP contribution in [-0.2, 0) is 0 Å². The highest BCUT2D eigenvalue weighted by atomic mass is 79.9. The fraction of sp³-hybridized carbons (Fsp3) is 0.417. The van der Waals surface area contributed by atoms with Crippen LogP contribution in [0.1, 0.15) is 24.2 Å². The van der Waals surface area contributed by atoms with E-state index in [1.54, 1.807) is 19.9 Å². The molecule has 0 radical (unpaired) electrons. The first kappa shape index (κ1) is 13.2. The Balaban J connectivity index is 2.89. The number of aldehydes is 1. The quantitative estimate of drug-likeness (QED) is 0.864. The van der Waals surface area contributed by atoms with E-state index in [9.17, 15) is 9.90 Å². The molecule has 0 aromatic heterocycles. The van der Waals surface area contributed by atoms with Crippen LogP contribution in [-0.4, -0.2) is 30.6 Å². The predicted molar refractivity (Wildman–Crippen MR) is 69.1 cm³/mol. The normalized spacial score (nSPS) is 11.3. The van der Waals surface area contributed by atoms with Crippen molar-refractivity contribution in [2.24, 2.45) is 0 Å². The van der Waals surface area contributed by atoms with Crippen molar-refractivity contribution in [3.8, 4) is 0 Å². The number of halogens is 1. The Hall–Kier alpha value is -0.870. The van der Waals surface area contributed by atoms with Crippen LogP contribution in [0.2, 0.25) is 0 Å². The van der Waals surface area contributed by atoms with Crippen LogP contribution in [0.3, 0.4) is 0 Å². The number of aliphatic hydroxyl groups is 1. The summed E-state index contributed by atoms with van der Waals surface area (Å²) in [6.07, 6.45) is 0.809. The Morgan fingerprint density at radius 2 is 2.12 bits per heavy atom. The third kappa shape index (κ3) is 3.61. The van der Waals surface area contributed by atoms with Crippen molar-refractivity contribution in [2.45, 2.75) is 19.4 Å². The third-order valence-corrected chi connectivity index (χ3v) is 2.86. The third-order valence-electron chi connectivity index (χ3n) is 2.18. The van der Waals surface area contributed by atoms with Gasteiger partial charge in [0.25, 0.3) is 0 Å². The minimum atomic E-state index is -0.745. The number of rotatable bonds is 4. The highest BCUT2D eigenvalue weighted by Gasteiger charge is 2.16. The lowest BCUT2D eigenvalue weighted by atomic mass is 10.1. The largest absolute Gasteiger partial charge is 0.389 e. The molecular formula is C12H16BrNO2. The van der Waals surface area contributed by atoms with Gasteiger partial charge >= 0.3 is 0 Å². The van der Waals surface area contributed by atoms with Crippen LogP contribution in [0.15, 0.2) is 22.7 Å². The molecule has 0 atom stereocenters. The standard InChI is InChI=1S/C12H16BrNO2/c1-12(2,16)8-14(3)10-5-4-9(7-15)11(13)6-10/h4-7,16H,8H2,1-3H3. The van der Waals surface area contributed by atoms with Gasteiger partial charge in [0, 0.05) is 29.3 Å². The number of nitrogens with zero attached hydrogens (tertiary/aromatic N) is 1. The molecule has 1 N–H and O–H groups in total. The summed E-state index contributed by atoms with van der Waals surface area (Å²) in [6, 6.07) is 5.49. The van der Waals surface area contributed by atoms with Crippen molar-refractivity contribution in [1.82, 2.24) is 0 Å². The fourth-order valence-corrected chi connectivity index (χ4v) is 1.98. The molecule has 4 heteroatoms. The van der Waals surface area contributed by atoms with Crippen molar-refractivity contribution in [1.29, 1.82) is 0 Å². The minimum Gasteiger partial charge on any atom is -0.389 e. The average Bonchev–Trinajstić information content (AvgIpc) is 2.15. The first-order valence-electron chi connectivity index (χ1n) is 5.02. The molecule has 0 fully saturated rings. The van der Waals surface area contributed by atoms with Gasteiger partial charge in [-0.05, 0) is 48.0 Å². The number of likely N-dealkylation sites (N-methyl/N-ethyl adjacent to an activating group) is 1. The molecule has 88 valence electrons. The van der Waals surface area contributed by atoms with Crippen LogP contribution < -0.4 is 4.90 Å². The van der Waals surface area contributed by atoms with Gasteiger partial charge in [-0.25, -0.2) is 0 Å². The molecule has 16 heavy (non-hydrogen) atoms. The second-order valence-corrected chi connectivity index (χ2v) is 5.35. The van der Waals surface area contributed by atoms with Gasteiger partial charge in [0.05, 0.1) is 5.60 Å². The number of hydrogen-bond donors (Lipinski definition) is 1. The predicted octanol–water partition coefficient (Wildman–Crippen LogP) is 2.47. The first-order valence-corrected chi connectivity index (χ1v) is 5.81. The lowest BCUT2D eigenvalue weighted by molar-refractivity contribution is 0.0886. The summed E-state index contributed by atoms with van der Waals surface area (Å²) < 4.78 is 0.766. The number of hydrogen-bond acceptors (Lipinski definition) is 3. The number of benzene rings is 1. The van der Waals surface area contributed by atoms with Gasteiger partial charge in [0.15, 0.2) is 6.29 Å². The Kier molecular flexibility index (Phi) is 4.10. The highest BCUT2D eigenvalue weighted by Crippen LogP contribution is 2.23. The van der Waals surface area contributed by atoms with Gasteiger partial charge < -0.3 is 10.0 Å². The molecule has 1 aromatic rings. The van der Waals surface area contributed by atoms with Gasteiger partial charge in [0.1, 0.15) is 0 Å². The van der Waals surface area contributed by atoms with Crippen molar-refractivity contribution in [2.75, 3.05) is 18.5 Å². The summed E-state index contributed by atoms with van der Waals surface area (Å²) in [5.41, 5.74) is 0.838. The molecule has 1 rings (SSSR count). The Morgan fingerprint density at radius 3 is 2.56 bits per heavy atom. The minimum absolute atomic E-state index is 0.528. The van der Waals surface area contributed by atoms with Crippen molar-refractivity contribution in [3.63, 3.8) is 0 Å². The maximum Gasteiger partial charge on any atom is 0.151 e. The molecule has 0 saturated carbocycles. The van der Waals surface area contributed by atoms with Crippen LogP contribution in [0.5, 0.6) is 0 Å². The molecule has 1 aromatic carbocycles. The topological polar surface area (TPSA) is 40.5 Å². The van der Waals surface area contributed by atoms with Crippen LogP contribution >= 0.6 is 15.9 Å². The summed E-state index contributed by atoms with van der Waals surface area (Å²) >= 11 is 3.33. The van der Waals surface area contributed by atoms with E-state index in [0.717, 1.165) is 16.4 Å². The maximum absolute atomic E-state index is 10.7. The maximum atomic E-state index is 10.7. The summed E-state index contributed by atoms with van der Waals surface area (Å²) in [4.78, 5) is 12.6.